The summed E-state index contributed by atoms with van der Waals surface area (Å²) in [6, 6.07) is 7.81. The molecule has 0 aliphatic carbocycles. The van der Waals surface area contributed by atoms with Crippen molar-refractivity contribution in [2.24, 2.45) is 0 Å². The maximum absolute atomic E-state index is 11.9. The van der Waals surface area contributed by atoms with Crippen LogP contribution in [-0.4, -0.2) is 15.0 Å². The summed E-state index contributed by atoms with van der Waals surface area (Å²) in [7, 11) is -3.62. The minimum atomic E-state index is -3.62. The van der Waals surface area contributed by atoms with Crippen molar-refractivity contribution >= 4 is 21.6 Å². The van der Waals surface area contributed by atoms with Crippen molar-refractivity contribution in [3.8, 4) is 12.1 Å². The zero-order chi connectivity index (χ0) is 14.3. The molecule has 5 nitrogen and oxygen atoms in total. The molecule has 0 bridgehead atoms. The lowest BCUT2D eigenvalue weighted by Crippen LogP contribution is -2.24. The maximum atomic E-state index is 11.9. The molecular formula is C12H12ClN3O2S. The van der Waals surface area contributed by atoms with Crippen LogP contribution in [0.4, 0.5) is 0 Å². The molecule has 0 spiro atoms. The fourth-order valence-electron chi connectivity index (χ4n) is 1.37. The van der Waals surface area contributed by atoms with Gasteiger partial charge in [0.25, 0.3) is 0 Å². The number of nitriles is 2. The maximum Gasteiger partial charge on any atom is 0.240 e. The Hall–Kier alpha value is -1.60. The van der Waals surface area contributed by atoms with Gasteiger partial charge in [0.2, 0.25) is 10.0 Å². The lowest BCUT2D eigenvalue weighted by Gasteiger charge is -2.07. The Bertz CT molecular complexity index is 629. The molecule has 0 radical (unpaired) electrons. The van der Waals surface area contributed by atoms with Crippen molar-refractivity contribution in [3.63, 3.8) is 0 Å². The highest BCUT2D eigenvalue weighted by Crippen LogP contribution is 2.20. The molecule has 0 aromatic heterocycles. The van der Waals surface area contributed by atoms with Crippen molar-refractivity contribution in [1.29, 1.82) is 10.5 Å². The van der Waals surface area contributed by atoms with E-state index >= 15 is 0 Å². The highest BCUT2D eigenvalue weighted by atomic mass is 35.5. The summed E-state index contributed by atoms with van der Waals surface area (Å²) in [6.45, 7) is 0.266. The molecule has 1 aromatic rings. The number of rotatable bonds is 6. The molecule has 7 heteroatoms. The standard InChI is InChI=1S/C12H12ClN3O2S/c13-12-8-11(5-4-10(12)9-15)19(17,18)16-7-3-1-2-6-14/h4-5,8,16H,1-3,7H2. The van der Waals surface area contributed by atoms with Crippen molar-refractivity contribution in [2.45, 2.75) is 24.2 Å². The lowest BCUT2D eigenvalue weighted by atomic mass is 10.2. The first kappa shape index (κ1) is 15.5. The van der Waals surface area contributed by atoms with Crippen LogP contribution in [-0.2, 0) is 10.0 Å². The monoisotopic (exact) mass is 297 g/mol. The Morgan fingerprint density at radius 3 is 2.58 bits per heavy atom. The highest BCUT2D eigenvalue weighted by Gasteiger charge is 2.14. The Kier molecular flexibility index (Phi) is 5.78. The van der Waals surface area contributed by atoms with Crippen LogP contribution in [0.25, 0.3) is 0 Å². The molecule has 0 heterocycles. The third kappa shape index (κ3) is 4.53. The smallest absolute Gasteiger partial charge is 0.211 e. The van der Waals surface area contributed by atoms with E-state index in [0.29, 0.717) is 19.3 Å². The molecule has 0 unspecified atom stereocenters. The minimum Gasteiger partial charge on any atom is -0.211 e. The third-order valence-corrected chi connectivity index (χ3v) is 4.15. The molecule has 1 aromatic carbocycles. The fourth-order valence-corrected chi connectivity index (χ4v) is 2.76. The second-order valence-corrected chi connectivity index (χ2v) is 5.94. The van der Waals surface area contributed by atoms with Gasteiger partial charge in [0, 0.05) is 13.0 Å². The number of halogens is 1. The van der Waals surface area contributed by atoms with Crippen LogP contribution in [0.15, 0.2) is 23.1 Å². The van der Waals surface area contributed by atoms with Gasteiger partial charge in [-0.15, -0.1) is 0 Å². The lowest BCUT2D eigenvalue weighted by molar-refractivity contribution is 0.577. The summed E-state index contributed by atoms with van der Waals surface area (Å²) in [4.78, 5) is 0.0248. The molecular weight excluding hydrogens is 286 g/mol. The molecule has 1 N–H and O–H groups in total. The zero-order valence-electron chi connectivity index (χ0n) is 10.1. The van der Waals surface area contributed by atoms with E-state index in [2.05, 4.69) is 4.72 Å². The summed E-state index contributed by atoms with van der Waals surface area (Å²) < 4.78 is 26.2. The number of hydrogen-bond donors (Lipinski definition) is 1. The third-order valence-electron chi connectivity index (χ3n) is 2.38. The van der Waals surface area contributed by atoms with Crippen LogP contribution in [0.1, 0.15) is 24.8 Å². The normalized spacial score (nSPS) is 10.7. The summed E-state index contributed by atoms with van der Waals surface area (Å²) >= 11 is 5.79. The first-order valence-corrected chi connectivity index (χ1v) is 7.43. The van der Waals surface area contributed by atoms with E-state index < -0.39 is 10.0 Å². The Labute approximate surface area is 117 Å². The van der Waals surface area contributed by atoms with Crippen LogP contribution < -0.4 is 4.72 Å². The fraction of sp³-hybridized carbons (Fsp3) is 0.333. The highest BCUT2D eigenvalue weighted by molar-refractivity contribution is 7.89. The van der Waals surface area contributed by atoms with Gasteiger partial charge in [0.15, 0.2) is 0 Å². The molecule has 100 valence electrons. The summed E-state index contributed by atoms with van der Waals surface area (Å²) in [5.41, 5.74) is 0.231. The van der Waals surface area contributed by atoms with E-state index in [9.17, 15) is 8.42 Å². The van der Waals surface area contributed by atoms with Crippen LogP contribution in [0.3, 0.4) is 0 Å². The van der Waals surface area contributed by atoms with Gasteiger partial charge in [-0.05, 0) is 31.0 Å². The number of sulfonamides is 1. The van der Waals surface area contributed by atoms with E-state index in [1.807, 2.05) is 12.1 Å². The molecule has 1 rings (SSSR count). The predicted molar refractivity (Wildman–Crippen MR) is 70.8 cm³/mol. The number of nitrogens with one attached hydrogen (secondary N) is 1. The molecule has 19 heavy (non-hydrogen) atoms. The largest absolute Gasteiger partial charge is 0.240 e. The van der Waals surface area contributed by atoms with Gasteiger partial charge in [-0.1, -0.05) is 11.6 Å². The SMILES string of the molecule is N#CCCCCNS(=O)(=O)c1ccc(C#N)c(Cl)c1. The summed E-state index contributed by atoms with van der Waals surface area (Å²) in [5, 5.41) is 17.2. The first-order chi connectivity index (χ1) is 9.01. The topological polar surface area (TPSA) is 93.8 Å². The molecule has 0 atom stereocenters. The molecule has 0 fully saturated rings. The molecule has 0 saturated carbocycles. The molecule has 0 aliphatic heterocycles. The van der Waals surface area contributed by atoms with Gasteiger partial charge in [-0.3, -0.25) is 0 Å². The van der Waals surface area contributed by atoms with Crippen molar-refractivity contribution in [2.75, 3.05) is 6.54 Å². The summed E-state index contributed by atoms with van der Waals surface area (Å²) in [5.74, 6) is 0. The van der Waals surface area contributed by atoms with Crippen molar-refractivity contribution in [3.05, 3.63) is 28.8 Å². The van der Waals surface area contributed by atoms with E-state index in [0.717, 1.165) is 0 Å². The minimum absolute atomic E-state index is 0.0248. The van der Waals surface area contributed by atoms with E-state index in [4.69, 9.17) is 22.1 Å². The van der Waals surface area contributed by atoms with Crippen molar-refractivity contribution < 1.29 is 8.42 Å². The van der Waals surface area contributed by atoms with Crippen LogP contribution >= 0.6 is 11.6 Å². The molecule has 0 saturated heterocycles. The predicted octanol–water partition coefficient (Wildman–Crippen LogP) is 2.18. The van der Waals surface area contributed by atoms with Crippen LogP contribution in [0.2, 0.25) is 5.02 Å². The average Bonchev–Trinajstić information content (AvgIpc) is 2.38. The Morgan fingerprint density at radius 2 is 2.00 bits per heavy atom. The first-order valence-electron chi connectivity index (χ1n) is 5.57. The van der Waals surface area contributed by atoms with Gasteiger partial charge in [-0.2, -0.15) is 10.5 Å². The molecule has 0 amide bonds. The van der Waals surface area contributed by atoms with Crippen LogP contribution in [0, 0.1) is 22.7 Å². The zero-order valence-corrected chi connectivity index (χ0v) is 11.6. The number of unbranched alkanes of at least 4 members (excludes halogenated alkanes) is 2. The number of hydrogen-bond acceptors (Lipinski definition) is 4. The van der Waals surface area contributed by atoms with E-state index in [1.165, 1.54) is 18.2 Å². The number of benzene rings is 1. The van der Waals surface area contributed by atoms with Gasteiger partial charge >= 0.3 is 0 Å². The van der Waals surface area contributed by atoms with Gasteiger partial charge in [-0.25, -0.2) is 13.1 Å². The summed E-state index contributed by atoms with van der Waals surface area (Å²) in [6.07, 6.45) is 1.65. The Morgan fingerprint density at radius 1 is 1.26 bits per heavy atom. The number of nitrogens with zero attached hydrogens (tertiary/aromatic N) is 2. The van der Waals surface area contributed by atoms with E-state index in [1.54, 1.807) is 0 Å². The van der Waals surface area contributed by atoms with E-state index in [-0.39, 0.29) is 22.0 Å². The molecule has 0 aliphatic rings. The second-order valence-electron chi connectivity index (χ2n) is 3.77. The van der Waals surface area contributed by atoms with Crippen LogP contribution in [0.5, 0.6) is 0 Å². The quantitative estimate of drug-likeness (QED) is 0.814. The van der Waals surface area contributed by atoms with Crippen molar-refractivity contribution in [1.82, 2.24) is 4.72 Å². The average molecular weight is 298 g/mol. The van der Waals surface area contributed by atoms with Gasteiger partial charge < -0.3 is 0 Å². The Balaban J connectivity index is 2.71. The van der Waals surface area contributed by atoms with Gasteiger partial charge in [0.1, 0.15) is 6.07 Å². The van der Waals surface area contributed by atoms with Gasteiger partial charge in [0.05, 0.1) is 21.6 Å². The second kappa shape index (κ2) is 7.10.